The van der Waals surface area contributed by atoms with Gasteiger partial charge in [0.1, 0.15) is 0 Å². The van der Waals surface area contributed by atoms with Crippen molar-refractivity contribution in [2.45, 2.75) is 37.6 Å². The van der Waals surface area contributed by atoms with Crippen LogP contribution in [0.3, 0.4) is 0 Å². The van der Waals surface area contributed by atoms with Crippen molar-refractivity contribution >= 4 is 21.6 Å². The van der Waals surface area contributed by atoms with Gasteiger partial charge in [0.25, 0.3) is 0 Å². The SMILES string of the molecule is CCCCCCl.NS(=O)(=O)C(c1ccccc1)C(F)(F)F. The van der Waals surface area contributed by atoms with Crippen LogP contribution in [0.5, 0.6) is 0 Å². The first-order valence-corrected chi connectivity index (χ1v) is 8.48. The number of sulfonamides is 1. The molecule has 1 aromatic rings. The molecule has 0 spiro atoms. The van der Waals surface area contributed by atoms with E-state index in [-0.39, 0.29) is 5.56 Å². The molecule has 1 unspecified atom stereocenters. The monoisotopic (exact) mass is 345 g/mol. The Balaban J connectivity index is 0.000000567. The van der Waals surface area contributed by atoms with E-state index in [9.17, 15) is 21.6 Å². The van der Waals surface area contributed by atoms with Crippen molar-refractivity contribution in [2.24, 2.45) is 5.14 Å². The van der Waals surface area contributed by atoms with Crippen molar-refractivity contribution in [3.05, 3.63) is 35.9 Å². The van der Waals surface area contributed by atoms with Crippen LogP contribution in [0.25, 0.3) is 0 Å². The zero-order valence-corrected chi connectivity index (χ0v) is 13.2. The van der Waals surface area contributed by atoms with Crippen molar-refractivity contribution in [1.82, 2.24) is 0 Å². The average molecular weight is 346 g/mol. The summed E-state index contributed by atoms with van der Waals surface area (Å²) in [7, 11) is -4.70. The summed E-state index contributed by atoms with van der Waals surface area (Å²) in [5, 5.41) is 1.89. The largest absolute Gasteiger partial charge is 0.410 e. The zero-order chi connectivity index (χ0) is 16.5. The summed E-state index contributed by atoms with van der Waals surface area (Å²) < 4.78 is 59.0. The molecule has 0 bridgehead atoms. The van der Waals surface area contributed by atoms with E-state index in [1.165, 1.54) is 37.5 Å². The Bertz CT molecular complexity index is 488. The molecule has 1 rings (SSSR count). The molecule has 0 heterocycles. The van der Waals surface area contributed by atoms with Gasteiger partial charge in [-0.05, 0) is 12.0 Å². The predicted molar refractivity (Wildman–Crippen MR) is 78.6 cm³/mol. The van der Waals surface area contributed by atoms with E-state index in [1.54, 1.807) is 0 Å². The lowest BCUT2D eigenvalue weighted by atomic mass is 10.1. The van der Waals surface area contributed by atoms with Gasteiger partial charge >= 0.3 is 6.18 Å². The molecular formula is C13H19ClF3NO2S. The molecule has 8 heteroatoms. The van der Waals surface area contributed by atoms with Crippen LogP contribution in [0, 0.1) is 0 Å². The second kappa shape index (κ2) is 9.27. The molecule has 21 heavy (non-hydrogen) atoms. The fourth-order valence-corrected chi connectivity index (χ4v) is 2.64. The summed E-state index contributed by atoms with van der Waals surface area (Å²) in [6.07, 6.45) is -1.18. The Morgan fingerprint density at radius 1 is 1.19 bits per heavy atom. The quantitative estimate of drug-likeness (QED) is 0.647. The number of rotatable bonds is 5. The van der Waals surface area contributed by atoms with Crippen LogP contribution >= 0.6 is 11.6 Å². The fraction of sp³-hybridized carbons (Fsp3) is 0.538. The molecule has 0 saturated carbocycles. The number of hydrogen-bond donors (Lipinski definition) is 1. The lowest BCUT2D eigenvalue weighted by Gasteiger charge is -2.18. The van der Waals surface area contributed by atoms with Crippen molar-refractivity contribution in [2.75, 3.05) is 5.88 Å². The minimum absolute atomic E-state index is 0.382. The minimum Gasteiger partial charge on any atom is -0.228 e. The molecule has 0 aliphatic heterocycles. The smallest absolute Gasteiger partial charge is 0.228 e. The summed E-state index contributed by atoms with van der Waals surface area (Å²) in [5.74, 6) is 0.827. The van der Waals surface area contributed by atoms with E-state index in [1.807, 2.05) is 0 Å². The maximum Gasteiger partial charge on any atom is 0.410 e. The van der Waals surface area contributed by atoms with E-state index in [0.29, 0.717) is 0 Å². The van der Waals surface area contributed by atoms with E-state index in [2.05, 4.69) is 12.1 Å². The molecule has 1 atom stereocenters. The van der Waals surface area contributed by atoms with Gasteiger partial charge in [0, 0.05) is 5.88 Å². The van der Waals surface area contributed by atoms with E-state index in [0.717, 1.165) is 18.0 Å². The van der Waals surface area contributed by atoms with Gasteiger partial charge in [0.2, 0.25) is 10.0 Å². The number of unbranched alkanes of at least 4 members (excludes halogenated alkanes) is 2. The highest BCUT2D eigenvalue weighted by Crippen LogP contribution is 2.37. The molecule has 122 valence electrons. The van der Waals surface area contributed by atoms with Gasteiger partial charge in [-0.3, -0.25) is 0 Å². The highest BCUT2D eigenvalue weighted by atomic mass is 35.5. The third-order valence-corrected chi connectivity index (χ3v) is 3.93. The van der Waals surface area contributed by atoms with Gasteiger partial charge in [-0.1, -0.05) is 50.1 Å². The van der Waals surface area contributed by atoms with Gasteiger partial charge in [0.05, 0.1) is 0 Å². The molecule has 1 aromatic carbocycles. The number of nitrogens with two attached hydrogens (primary N) is 1. The van der Waals surface area contributed by atoms with Gasteiger partial charge in [-0.15, -0.1) is 11.6 Å². The molecular weight excluding hydrogens is 327 g/mol. The molecule has 0 aliphatic carbocycles. The second-order valence-electron chi connectivity index (χ2n) is 4.32. The number of hydrogen-bond acceptors (Lipinski definition) is 2. The molecule has 0 fully saturated rings. The lowest BCUT2D eigenvalue weighted by molar-refractivity contribution is -0.131. The number of benzene rings is 1. The van der Waals surface area contributed by atoms with Gasteiger partial charge in [0.15, 0.2) is 5.25 Å². The Morgan fingerprint density at radius 2 is 1.71 bits per heavy atom. The number of alkyl halides is 4. The highest BCUT2D eigenvalue weighted by molar-refractivity contribution is 7.89. The Kier molecular flexibility index (Phi) is 8.92. The van der Waals surface area contributed by atoms with Crippen LogP contribution in [0.2, 0.25) is 0 Å². The first-order valence-electron chi connectivity index (χ1n) is 6.33. The minimum atomic E-state index is -4.91. The van der Waals surface area contributed by atoms with Crippen molar-refractivity contribution in [1.29, 1.82) is 0 Å². The van der Waals surface area contributed by atoms with Gasteiger partial charge in [-0.25, -0.2) is 13.6 Å². The highest BCUT2D eigenvalue weighted by Gasteiger charge is 2.48. The van der Waals surface area contributed by atoms with E-state index < -0.39 is 21.4 Å². The normalized spacial score (nSPS) is 13.2. The summed E-state index contributed by atoms with van der Waals surface area (Å²) in [4.78, 5) is 0. The summed E-state index contributed by atoms with van der Waals surface area (Å²) in [5.41, 5.74) is -0.382. The second-order valence-corrected chi connectivity index (χ2v) is 6.34. The topological polar surface area (TPSA) is 60.2 Å². The predicted octanol–water partition coefficient (Wildman–Crippen LogP) is 3.99. The summed E-state index contributed by atoms with van der Waals surface area (Å²) in [6, 6.07) is 6.27. The van der Waals surface area contributed by atoms with Crippen LogP contribution in [0.4, 0.5) is 13.2 Å². The van der Waals surface area contributed by atoms with Gasteiger partial charge < -0.3 is 0 Å². The number of primary sulfonamides is 1. The average Bonchev–Trinajstić information content (AvgIpc) is 2.35. The third kappa shape index (κ3) is 8.28. The van der Waals surface area contributed by atoms with Crippen LogP contribution in [-0.4, -0.2) is 20.5 Å². The van der Waals surface area contributed by atoms with Crippen molar-refractivity contribution < 1.29 is 21.6 Å². The summed E-state index contributed by atoms with van der Waals surface area (Å²) >= 11 is 5.38. The standard InChI is InChI=1S/C8H8F3NO2S.C5H11Cl/c9-8(10,11)7(15(12,13)14)6-4-2-1-3-5-6;1-2-3-4-5-6/h1-5,7H,(H2,12,13,14);2-5H2,1H3. The van der Waals surface area contributed by atoms with E-state index >= 15 is 0 Å². The van der Waals surface area contributed by atoms with Crippen LogP contribution in [0.15, 0.2) is 30.3 Å². The Labute approximate surface area is 128 Å². The maximum absolute atomic E-state index is 12.4. The Hall–Kier alpha value is -0.790. The van der Waals surface area contributed by atoms with Crippen molar-refractivity contribution in [3.8, 4) is 0 Å². The van der Waals surface area contributed by atoms with Crippen LogP contribution < -0.4 is 5.14 Å². The molecule has 0 aromatic heterocycles. The van der Waals surface area contributed by atoms with Crippen LogP contribution in [0.1, 0.15) is 37.0 Å². The van der Waals surface area contributed by atoms with Crippen molar-refractivity contribution in [3.63, 3.8) is 0 Å². The fourth-order valence-electron chi connectivity index (χ4n) is 1.54. The molecule has 0 radical (unpaired) electrons. The first kappa shape index (κ1) is 20.2. The molecule has 0 saturated heterocycles. The first-order chi connectivity index (χ1) is 9.64. The van der Waals surface area contributed by atoms with Gasteiger partial charge in [-0.2, -0.15) is 13.2 Å². The Morgan fingerprint density at radius 3 is 2.00 bits per heavy atom. The molecule has 0 aliphatic rings. The number of halogens is 4. The van der Waals surface area contributed by atoms with Crippen LogP contribution in [-0.2, 0) is 10.0 Å². The third-order valence-electron chi connectivity index (χ3n) is 2.47. The summed E-state index contributed by atoms with van der Waals surface area (Å²) in [6.45, 7) is 2.17. The molecule has 3 nitrogen and oxygen atoms in total. The maximum atomic E-state index is 12.4. The molecule has 2 N–H and O–H groups in total. The molecule has 0 amide bonds. The zero-order valence-electron chi connectivity index (χ0n) is 11.6. The lowest BCUT2D eigenvalue weighted by Crippen LogP contribution is -2.33. The van der Waals surface area contributed by atoms with E-state index in [4.69, 9.17) is 11.6 Å².